The first-order valence-corrected chi connectivity index (χ1v) is 20.9. The van der Waals surface area contributed by atoms with Crippen molar-refractivity contribution in [1.82, 2.24) is 25.5 Å². The third kappa shape index (κ3) is 8.76. The van der Waals surface area contributed by atoms with Crippen molar-refractivity contribution in [2.45, 2.75) is 116 Å². The fourth-order valence-corrected chi connectivity index (χ4v) is 9.24. The summed E-state index contributed by atoms with van der Waals surface area (Å²) in [7, 11) is 0. The average molecular weight is 807 g/mol. The Bertz CT molecular complexity index is 2010. The first-order valence-electron chi connectivity index (χ1n) is 20.0. The monoisotopic (exact) mass is 806 g/mol. The fraction of sp³-hybridized carbons (Fsp3) is 0.610. The third-order valence-electron chi connectivity index (χ3n) is 11.6. The number of nitrogens with one attached hydrogen (secondary N) is 3. The van der Waals surface area contributed by atoms with Gasteiger partial charge in [0.15, 0.2) is 5.13 Å². The van der Waals surface area contributed by atoms with Crippen molar-refractivity contribution in [3.05, 3.63) is 29.6 Å². The maximum atomic E-state index is 14.7. The number of rotatable bonds is 15. The van der Waals surface area contributed by atoms with Gasteiger partial charge in [0.25, 0.3) is 0 Å². The van der Waals surface area contributed by atoms with Crippen molar-refractivity contribution < 1.29 is 43.6 Å². The van der Waals surface area contributed by atoms with Crippen LogP contribution in [0.1, 0.15) is 80.1 Å². The lowest BCUT2D eigenvalue weighted by molar-refractivity contribution is -0.146. The minimum Gasteiger partial charge on any atom is -0.491 e. The van der Waals surface area contributed by atoms with Crippen molar-refractivity contribution in [3.63, 3.8) is 0 Å². The molecular weight excluding hydrogens is 753 g/mol. The lowest BCUT2D eigenvalue weighted by Crippen LogP contribution is -2.59. The standard InChI is InChI=1S/C41H54N6O9S/c1-7-24-18-41(24,37(51)52)46-35(49)32-16-27(19-47(32)36(50)34(40(4,5)6)45-39(53)56-26-13-22-12-23(22)14-26)55-33-17-30(31-20-57-38(44-31)42-21(2)3)43-29-15-25(54-11-10-48)8-9-28(29)33/h8-9,15,17,20-24,26-27,32,34,48H,7,10-14,16,18-19H2,1-6H3,(H,42,44)(H,45,53)(H,46,49)(H,51,52)/t22-,23+,24-,26?,27-,32+,34-,41-/m1/s1. The Morgan fingerprint density at radius 3 is 2.44 bits per heavy atom. The quantitative estimate of drug-likeness (QED) is 0.135. The number of benzene rings is 1. The molecule has 3 saturated carbocycles. The van der Waals surface area contributed by atoms with Gasteiger partial charge in [-0.05, 0) is 74.8 Å². The summed E-state index contributed by atoms with van der Waals surface area (Å²) < 4.78 is 18.2. The Labute approximate surface area is 336 Å². The van der Waals surface area contributed by atoms with Gasteiger partial charge in [-0.1, -0.05) is 34.1 Å². The number of alkyl carbamates (subject to hydrolysis) is 1. The van der Waals surface area contributed by atoms with Crippen LogP contribution in [0.4, 0.5) is 9.93 Å². The smallest absolute Gasteiger partial charge is 0.408 e. The lowest BCUT2D eigenvalue weighted by atomic mass is 9.85. The zero-order valence-corrected chi connectivity index (χ0v) is 34.2. The summed E-state index contributed by atoms with van der Waals surface area (Å²) in [6.07, 6.45) is 2.18. The topological polar surface area (TPSA) is 202 Å². The van der Waals surface area contributed by atoms with E-state index in [2.05, 4.69) is 16.0 Å². The Morgan fingerprint density at radius 2 is 1.79 bits per heavy atom. The molecule has 1 aromatic carbocycles. The molecule has 308 valence electrons. The van der Waals surface area contributed by atoms with Gasteiger partial charge in [-0.3, -0.25) is 9.59 Å². The number of aliphatic hydroxyl groups excluding tert-OH is 1. The summed E-state index contributed by atoms with van der Waals surface area (Å²) in [6, 6.07) is 5.11. The van der Waals surface area contributed by atoms with Crippen LogP contribution in [0.5, 0.6) is 11.5 Å². The van der Waals surface area contributed by atoms with Gasteiger partial charge in [-0.15, -0.1) is 11.3 Å². The summed E-state index contributed by atoms with van der Waals surface area (Å²) in [5.41, 5.74) is -0.490. The number of anilines is 1. The summed E-state index contributed by atoms with van der Waals surface area (Å²) in [5.74, 6) is -0.277. The average Bonchev–Trinajstić information content (AvgIpc) is 3.82. The van der Waals surface area contributed by atoms with Crippen LogP contribution in [-0.4, -0.2) is 105 Å². The molecule has 4 aliphatic rings. The highest BCUT2D eigenvalue weighted by molar-refractivity contribution is 7.14. The normalized spacial score (nSPS) is 26.8. The Kier molecular flexibility index (Phi) is 11.3. The van der Waals surface area contributed by atoms with Gasteiger partial charge in [0.2, 0.25) is 11.8 Å². The molecule has 2 aromatic heterocycles. The van der Waals surface area contributed by atoms with Crippen LogP contribution in [-0.2, 0) is 19.1 Å². The van der Waals surface area contributed by atoms with E-state index < -0.39 is 53.0 Å². The highest BCUT2D eigenvalue weighted by atomic mass is 32.1. The molecule has 0 spiro atoms. The van der Waals surface area contributed by atoms with E-state index in [4.69, 9.17) is 24.2 Å². The van der Waals surface area contributed by atoms with Crippen molar-refractivity contribution >= 4 is 51.2 Å². The SMILES string of the molecule is CC[C@@H]1C[C@]1(NC(=O)[C@@H]1C[C@@H](Oc2cc(-c3csc(NC(C)C)n3)nc3cc(OCCO)ccc23)CN1C(=O)[C@@H](NC(=O)OC1C[C@@H]2C[C@@H]2C1)C(C)(C)C)C(=O)O. The number of ether oxygens (including phenoxy) is 3. The Hall–Kier alpha value is -4.70. The molecule has 1 aliphatic heterocycles. The van der Waals surface area contributed by atoms with E-state index in [1.165, 1.54) is 22.7 Å². The number of aromatic nitrogens is 2. The summed E-state index contributed by atoms with van der Waals surface area (Å²) in [6.45, 7) is 11.4. The number of hydrogen-bond donors (Lipinski definition) is 5. The molecule has 0 radical (unpaired) electrons. The van der Waals surface area contributed by atoms with Crippen molar-refractivity contribution in [3.8, 4) is 22.9 Å². The number of nitrogens with zero attached hydrogens (tertiary/aromatic N) is 3. The molecular formula is C41H54N6O9S. The zero-order chi connectivity index (χ0) is 40.8. The lowest BCUT2D eigenvalue weighted by Gasteiger charge is -2.35. The summed E-state index contributed by atoms with van der Waals surface area (Å²) >= 11 is 1.45. The van der Waals surface area contributed by atoms with Crippen LogP contribution in [0.15, 0.2) is 29.6 Å². The van der Waals surface area contributed by atoms with Gasteiger partial charge >= 0.3 is 12.1 Å². The number of carboxylic acids is 1. The van der Waals surface area contributed by atoms with Crippen LogP contribution in [0.3, 0.4) is 0 Å². The van der Waals surface area contributed by atoms with Crippen LogP contribution >= 0.6 is 11.3 Å². The molecule has 1 saturated heterocycles. The van der Waals surface area contributed by atoms with Gasteiger partial charge in [-0.2, -0.15) is 0 Å². The number of aliphatic hydroxyl groups is 1. The molecule has 15 nitrogen and oxygen atoms in total. The van der Waals surface area contributed by atoms with E-state index in [1.54, 1.807) is 24.3 Å². The molecule has 3 aliphatic carbocycles. The minimum atomic E-state index is -1.41. The number of carboxylic acid groups (broad SMARTS) is 1. The molecule has 4 fully saturated rings. The second-order valence-corrected chi connectivity index (χ2v) is 18.2. The molecule has 3 amide bonds. The van der Waals surface area contributed by atoms with Crippen molar-refractivity contribution in [2.24, 2.45) is 23.2 Å². The van der Waals surface area contributed by atoms with Crippen LogP contribution in [0.25, 0.3) is 22.3 Å². The highest BCUT2D eigenvalue weighted by Gasteiger charge is 2.61. The van der Waals surface area contributed by atoms with E-state index in [1.807, 2.05) is 46.9 Å². The molecule has 3 aromatic rings. The Morgan fingerprint density at radius 1 is 1.04 bits per heavy atom. The van der Waals surface area contributed by atoms with Crippen LogP contribution < -0.4 is 25.4 Å². The molecule has 3 heterocycles. The first-order chi connectivity index (χ1) is 27.1. The molecule has 7 rings (SSSR count). The van der Waals surface area contributed by atoms with E-state index in [9.17, 15) is 29.4 Å². The van der Waals surface area contributed by atoms with Crippen LogP contribution in [0, 0.1) is 23.2 Å². The highest BCUT2D eigenvalue weighted by Crippen LogP contribution is 2.52. The van der Waals surface area contributed by atoms with Gasteiger partial charge in [-0.25, -0.2) is 19.6 Å². The largest absolute Gasteiger partial charge is 0.491 e. The first kappa shape index (κ1) is 40.5. The molecule has 1 unspecified atom stereocenters. The van der Waals surface area contributed by atoms with E-state index in [0.29, 0.717) is 58.5 Å². The number of fused-ring (bicyclic) bond motifs is 2. The number of aliphatic carboxylic acids is 1. The molecule has 5 N–H and O–H groups in total. The van der Waals surface area contributed by atoms with E-state index >= 15 is 0 Å². The molecule has 16 heteroatoms. The number of amides is 3. The minimum absolute atomic E-state index is 0.0144. The molecule has 0 bridgehead atoms. The number of carbonyl (C=O) groups is 4. The third-order valence-corrected chi connectivity index (χ3v) is 12.4. The summed E-state index contributed by atoms with van der Waals surface area (Å²) in [4.78, 5) is 65.6. The fourth-order valence-electron chi connectivity index (χ4n) is 8.38. The van der Waals surface area contributed by atoms with Crippen LogP contribution in [0.2, 0.25) is 0 Å². The van der Waals surface area contributed by atoms with Gasteiger partial charge < -0.3 is 45.3 Å². The zero-order valence-electron chi connectivity index (χ0n) is 33.4. The predicted octanol–water partition coefficient (Wildman–Crippen LogP) is 5.21. The van der Waals surface area contributed by atoms with Gasteiger partial charge in [0, 0.05) is 35.4 Å². The number of thiazole rings is 1. The van der Waals surface area contributed by atoms with Crippen molar-refractivity contribution in [1.29, 1.82) is 0 Å². The second kappa shape index (κ2) is 15.9. The number of likely N-dealkylation sites (tertiary alicyclic amines) is 1. The maximum Gasteiger partial charge on any atom is 0.408 e. The predicted molar refractivity (Wildman–Crippen MR) is 213 cm³/mol. The number of carbonyl (C=O) groups excluding carboxylic acids is 3. The van der Waals surface area contributed by atoms with Crippen molar-refractivity contribution in [2.75, 3.05) is 25.1 Å². The second-order valence-electron chi connectivity index (χ2n) is 17.3. The van der Waals surface area contributed by atoms with Gasteiger partial charge in [0.1, 0.15) is 53.6 Å². The molecule has 8 atom stereocenters. The van der Waals surface area contributed by atoms with E-state index in [0.717, 1.165) is 18.0 Å². The number of hydrogen-bond acceptors (Lipinski definition) is 12. The maximum absolute atomic E-state index is 14.7. The van der Waals surface area contributed by atoms with Gasteiger partial charge in [0.05, 0.1) is 24.4 Å². The van der Waals surface area contributed by atoms with E-state index in [-0.39, 0.29) is 44.2 Å². The number of pyridine rings is 1. The summed E-state index contributed by atoms with van der Waals surface area (Å²) in [5, 5.41) is 31.7. The molecule has 57 heavy (non-hydrogen) atoms. The Balaban J connectivity index is 1.19.